The van der Waals surface area contributed by atoms with E-state index in [4.69, 9.17) is 19.9 Å². The molecular weight excluding hydrogens is 815 g/mol. The highest BCUT2D eigenvalue weighted by Gasteiger charge is 2.21. The Morgan fingerprint density at radius 2 is 0.657 bits per heavy atom. The van der Waals surface area contributed by atoms with Gasteiger partial charge in [-0.2, -0.15) is 0 Å². The molecule has 0 saturated heterocycles. The van der Waals surface area contributed by atoms with Gasteiger partial charge >= 0.3 is 0 Å². The van der Waals surface area contributed by atoms with Crippen molar-refractivity contribution in [2.45, 2.75) is 0 Å². The third-order valence-corrected chi connectivity index (χ3v) is 12.4. The molecule has 0 aliphatic carbocycles. The Hall–Kier alpha value is -9.06. The first kappa shape index (κ1) is 39.5. The summed E-state index contributed by atoms with van der Waals surface area (Å²) in [6, 6.07) is 86.9. The van der Waals surface area contributed by atoms with E-state index in [2.05, 4.69) is 199 Å². The number of fused-ring (bicyclic) bond motifs is 3. The van der Waals surface area contributed by atoms with Crippen LogP contribution in [0.25, 0.3) is 118 Å². The van der Waals surface area contributed by atoms with E-state index in [1.807, 2.05) is 54.6 Å². The van der Waals surface area contributed by atoms with Gasteiger partial charge in [0.15, 0.2) is 11.6 Å². The molecule has 3 aromatic heterocycles. The topological polar surface area (TPSA) is 56.5 Å². The maximum Gasteiger partial charge on any atom is 0.160 e. The summed E-state index contributed by atoms with van der Waals surface area (Å²) in [6.07, 6.45) is 0. The van der Waals surface area contributed by atoms with Crippen LogP contribution in [-0.2, 0) is 0 Å². The van der Waals surface area contributed by atoms with Gasteiger partial charge in [-0.25, -0.2) is 19.9 Å². The smallest absolute Gasteiger partial charge is 0.160 e. The Balaban J connectivity index is 0.923. The van der Waals surface area contributed by atoms with E-state index in [0.717, 1.165) is 106 Å². The number of aromatic nitrogens is 5. The largest absolute Gasteiger partial charge is 0.306 e. The van der Waals surface area contributed by atoms with Crippen molar-refractivity contribution in [3.8, 4) is 95.6 Å². The maximum absolute atomic E-state index is 5.38. The van der Waals surface area contributed by atoms with Crippen molar-refractivity contribution in [3.05, 3.63) is 249 Å². The molecule has 12 rings (SSSR count). The van der Waals surface area contributed by atoms with Crippen molar-refractivity contribution in [1.29, 1.82) is 0 Å². The molecular formula is C62H41N5. The molecule has 0 atom stereocenters. The average molecular weight is 856 g/mol. The second-order valence-corrected chi connectivity index (χ2v) is 16.7. The lowest BCUT2D eigenvalue weighted by atomic mass is 9.95. The zero-order chi connectivity index (χ0) is 44.5. The van der Waals surface area contributed by atoms with Crippen LogP contribution in [0.15, 0.2) is 249 Å². The van der Waals surface area contributed by atoms with Gasteiger partial charge in [0, 0.05) is 38.9 Å². The number of para-hydroxylation sites is 2. The van der Waals surface area contributed by atoms with Crippen molar-refractivity contribution in [1.82, 2.24) is 24.5 Å². The van der Waals surface area contributed by atoms with E-state index < -0.39 is 0 Å². The first-order valence-corrected chi connectivity index (χ1v) is 22.5. The third kappa shape index (κ3) is 7.64. The van der Waals surface area contributed by atoms with Crippen molar-refractivity contribution >= 4 is 21.9 Å². The number of hydrogen-bond acceptors (Lipinski definition) is 4. The molecule has 5 nitrogen and oxygen atoms in total. The monoisotopic (exact) mass is 855 g/mol. The van der Waals surface area contributed by atoms with Crippen LogP contribution in [0.3, 0.4) is 0 Å². The second-order valence-electron chi connectivity index (χ2n) is 16.7. The minimum atomic E-state index is 0.689. The number of benzene rings is 9. The predicted molar refractivity (Wildman–Crippen MR) is 275 cm³/mol. The van der Waals surface area contributed by atoms with E-state index in [1.54, 1.807) is 0 Å². The summed E-state index contributed by atoms with van der Waals surface area (Å²) >= 11 is 0. The summed E-state index contributed by atoms with van der Waals surface area (Å²) in [5.74, 6) is 1.38. The summed E-state index contributed by atoms with van der Waals surface area (Å²) < 4.78 is 2.31. The van der Waals surface area contributed by atoms with Gasteiger partial charge in [-0.15, -0.1) is 0 Å². The summed E-state index contributed by atoms with van der Waals surface area (Å²) in [5, 5.41) is 1.09. The summed E-state index contributed by atoms with van der Waals surface area (Å²) in [7, 11) is 0. The second kappa shape index (κ2) is 17.1. The number of nitrogens with zero attached hydrogens (tertiary/aromatic N) is 5. The van der Waals surface area contributed by atoms with Gasteiger partial charge in [-0.05, 0) is 81.9 Å². The Morgan fingerprint density at radius 1 is 0.269 bits per heavy atom. The minimum Gasteiger partial charge on any atom is -0.306 e. The normalized spacial score (nSPS) is 11.3. The molecule has 67 heavy (non-hydrogen) atoms. The Bertz CT molecular complexity index is 3680. The van der Waals surface area contributed by atoms with Crippen LogP contribution in [0.4, 0.5) is 0 Å². The molecule has 0 aliphatic rings. The highest BCUT2D eigenvalue weighted by molar-refractivity contribution is 6.11. The van der Waals surface area contributed by atoms with Gasteiger partial charge in [0.25, 0.3) is 0 Å². The highest BCUT2D eigenvalue weighted by atomic mass is 15.0. The fourth-order valence-corrected chi connectivity index (χ4v) is 9.14. The van der Waals surface area contributed by atoms with Gasteiger partial charge in [0.2, 0.25) is 0 Å². The van der Waals surface area contributed by atoms with Crippen LogP contribution in [-0.4, -0.2) is 24.5 Å². The minimum absolute atomic E-state index is 0.689. The Kier molecular flexibility index (Phi) is 10.1. The molecule has 3 heterocycles. The van der Waals surface area contributed by atoms with Crippen LogP contribution in [0, 0.1) is 0 Å². The van der Waals surface area contributed by atoms with Crippen molar-refractivity contribution in [3.63, 3.8) is 0 Å². The molecule has 0 N–H and O–H groups in total. The zero-order valence-electron chi connectivity index (χ0n) is 36.4. The molecule has 0 radical (unpaired) electrons. The quantitative estimate of drug-likeness (QED) is 0.145. The lowest BCUT2D eigenvalue weighted by Crippen LogP contribution is -1.99. The molecule has 9 aromatic carbocycles. The van der Waals surface area contributed by atoms with Gasteiger partial charge < -0.3 is 4.57 Å². The van der Waals surface area contributed by atoms with Crippen LogP contribution >= 0.6 is 0 Å². The van der Waals surface area contributed by atoms with E-state index in [-0.39, 0.29) is 0 Å². The summed E-state index contributed by atoms with van der Waals surface area (Å²) in [4.78, 5) is 20.9. The molecule has 0 fully saturated rings. The van der Waals surface area contributed by atoms with Gasteiger partial charge in [0.1, 0.15) is 5.52 Å². The zero-order valence-corrected chi connectivity index (χ0v) is 36.4. The lowest BCUT2D eigenvalue weighted by molar-refractivity contribution is 1.15. The van der Waals surface area contributed by atoms with Crippen molar-refractivity contribution in [2.24, 2.45) is 0 Å². The number of rotatable bonds is 9. The standard InChI is InChI=1S/C62H41N5/c1-5-19-42(20-6-1)55-41-56(43-21-7-2-8-22-43)64-62(63-55)52-32-18-30-50(40-52)48-28-16-26-46(38-48)45-25-15-27-47(37-45)49-29-17-31-51(39-49)58-60-59(66-61(65-58)44-23-9-3-10-24-44)54-35-13-14-36-57(54)67(60)53-33-11-4-12-34-53/h1-41H. The SMILES string of the molecule is c1ccc(-c2cc(-c3ccccc3)nc(-c3cccc(-c4cccc(-c5cccc(-c6cccc(-c7nc(-c8ccccc8)nc8c9ccccc9n(-c9ccccc9)c78)c6)c5)c4)c3)n2)cc1. The third-order valence-electron chi connectivity index (χ3n) is 12.4. The maximum atomic E-state index is 5.38. The lowest BCUT2D eigenvalue weighted by Gasteiger charge is -2.13. The first-order chi connectivity index (χ1) is 33.2. The molecule has 0 spiro atoms. The van der Waals surface area contributed by atoms with E-state index in [1.165, 1.54) is 0 Å². The first-order valence-electron chi connectivity index (χ1n) is 22.5. The van der Waals surface area contributed by atoms with Gasteiger partial charge in [-0.1, -0.05) is 200 Å². The molecule has 0 saturated carbocycles. The van der Waals surface area contributed by atoms with E-state index >= 15 is 0 Å². The van der Waals surface area contributed by atoms with Crippen molar-refractivity contribution < 1.29 is 0 Å². The number of hydrogen-bond donors (Lipinski definition) is 0. The molecule has 0 unspecified atom stereocenters. The fourth-order valence-electron chi connectivity index (χ4n) is 9.14. The average Bonchev–Trinajstić information content (AvgIpc) is 3.76. The Labute approximate surface area is 389 Å². The molecule has 0 aliphatic heterocycles. The Morgan fingerprint density at radius 3 is 1.19 bits per heavy atom. The van der Waals surface area contributed by atoms with Crippen LogP contribution in [0.2, 0.25) is 0 Å². The summed E-state index contributed by atoms with van der Waals surface area (Å²) in [5.41, 5.74) is 18.5. The van der Waals surface area contributed by atoms with Crippen molar-refractivity contribution in [2.75, 3.05) is 0 Å². The van der Waals surface area contributed by atoms with Crippen LogP contribution < -0.4 is 0 Å². The van der Waals surface area contributed by atoms with Gasteiger partial charge in [0.05, 0.1) is 28.1 Å². The van der Waals surface area contributed by atoms with E-state index in [0.29, 0.717) is 11.6 Å². The molecule has 0 amide bonds. The molecule has 0 bridgehead atoms. The summed E-state index contributed by atoms with van der Waals surface area (Å²) in [6.45, 7) is 0. The van der Waals surface area contributed by atoms with Gasteiger partial charge in [-0.3, -0.25) is 0 Å². The predicted octanol–water partition coefficient (Wildman–Crippen LogP) is 15.7. The highest BCUT2D eigenvalue weighted by Crippen LogP contribution is 2.40. The van der Waals surface area contributed by atoms with Crippen LogP contribution in [0.1, 0.15) is 0 Å². The van der Waals surface area contributed by atoms with E-state index in [9.17, 15) is 0 Å². The van der Waals surface area contributed by atoms with Crippen LogP contribution in [0.5, 0.6) is 0 Å². The molecule has 5 heteroatoms. The fraction of sp³-hybridized carbons (Fsp3) is 0. The molecule has 12 aromatic rings. The molecule has 314 valence electrons.